The second kappa shape index (κ2) is 6.93. The molecule has 5 nitrogen and oxygen atoms in total. The van der Waals surface area contributed by atoms with Crippen LogP contribution in [0.3, 0.4) is 0 Å². The summed E-state index contributed by atoms with van der Waals surface area (Å²) in [5.74, 6) is -0.574. The van der Waals surface area contributed by atoms with Crippen LogP contribution in [0.1, 0.15) is 17.5 Å². The van der Waals surface area contributed by atoms with E-state index in [1.807, 2.05) is 32.0 Å². The van der Waals surface area contributed by atoms with Crippen LogP contribution in [0, 0.1) is 19.7 Å². The maximum atomic E-state index is 13.2. The molecule has 1 fully saturated rings. The Morgan fingerprint density at radius 1 is 1.16 bits per heavy atom. The van der Waals surface area contributed by atoms with E-state index in [2.05, 4.69) is 10.6 Å². The highest BCUT2D eigenvalue weighted by atomic mass is 19.1. The molecule has 3 rings (SSSR count). The number of urea groups is 1. The average Bonchev–Trinajstić information content (AvgIpc) is 2.87. The molecule has 1 atom stereocenters. The van der Waals surface area contributed by atoms with Gasteiger partial charge in [0, 0.05) is 17.9 Å². The van der Waals surface area contributed by atoms with Gasteiger partial charge in [-0.25, -0.2) is 9.18 Å². The van der Waals surface area contributed by atoms with Crippen LogP contribution < -0.4 is 15.5 Å². The first-order chi connectivity index (χ1) is 11.9. The minimum atomic E-state index is -0.589. The molecule has 0 unspecified atom stereocenters. The average molecular weight is 341 g/mol. The molecule has 1 saturated heterocycles. The topological polar surface area (TPSA) is 61.4 Å². The summed E-state index contributed by atoms with van der Waals surface area (Å²) in [4.78, 5) is 26.3. The van der Waals surface area contributed by atoms with Gasteiger partial charge >= 0.3 is 6.03 Å². The zero-order valence-electron chi connectivity index (χ0n) is 14.2. The zero-order chi connectivity index (χ0) is 18.0. The van der Waals surface area contributed by atoms with E-state index < -0.39 is 17.9 Å². The van der Waals surface area contributed by atoms with E-state index in [0.717, 1.165) is 16.8 Å². The molecule has 0 aliphatic carbocycles. The third-order valence-corrected chi connectivity index (χ3v) is 4.11. The molecule has 2 aromatic rings. The molecule has 130 valence electrons. The molecular formula is C19H20FN3O2. The number of carbonyl (C=O) groups excluding carboxylic acids is 2. The van der Waals surface area contributed by atoms with Crippen molar-refractivity contribution in [1.82, 2.24) is 5.32 Å². The number of nitrogens with zero attached hydrogens (tertiary/aromatic N) is 1. The number of carbonyl (C=O) groups is 2. The van der Waals surface area contributed by atoms with E-state index in [9.17, 15) is 14.0 Å². The smallest absolute Gasteiger partial charge is 0.319 e. The molecule has 6 heteroatoms. The first kappa shape index (κ1) is 17.0. The Morgan fingerprint density at radius 2 is 1.88 bits per heavy atom. The zero-order valence-corrected chi connectivity index (χ0v) is 14.2. The van der Waals surface area contributed by atoms with Crippen LogP contribution in [-0.4, -0.2) is 24.5 Å². The summed E-state index contributed by atoms with van der Waals surface area (Å²) in [5, 5.41) is 5.20. The maximum Gasteiger partial charge on any atom is 0.319 e. The lowest BCUT2D eigenvalue weighted by atomic mass is 10.1. The fourth-order valence-corrected chi connectivity index (χ4v) is 3.07. The molecule has 25 heavy (non-hydrogen) atoms. The van der Waals surface area contributed by atoms with Crippen molar-refractivity contribution in [1.29, 1.82) is 0 Å². The van der Waals surface area contributed by atoms with E-state index in [1.54, 1.807) is 11.0 Å². The number of hydrogen-bond donors (Lipinski definition) is 2. The predicted octanol–water partition coefficient (Wildman–Crippen LogP) is 3.37. The molecule has 1 aliphatic rings. The van der Waals surface area contributed by atoms with Crippen LogP contribution in [0.4, 0.5) is 20.6 Å². The SMILES string of the molecule is Cc1cc(C)cc(N2CC[C@@H](NC(=O)Nc3cccc(F)c3)C2=O)c1. The van der Waals surface area contributed by atoms with Crippen molar-refractivity contribution in [3.63, 3.8) is 0 Å². The molecule has 1 heterocycles. The third-order valence-electron chi connectivity index (χ3n) is 4.11. The number of halogens is 1. The lowest BCUT2D eigenvalue weighted by Gasteiger charge is -2.18. The van der Waals surface area contributed by atoms with Crippen molar-refractivity contribution in [2.45, 2.75) is 26.3 Å². The van der Waals surface area contributed by atoms with Crippen molar-refractivity contribution >= 4 is 23.3 Å². The number of benzene rings is 2. The lowest BCUT2D eigenvalue weighted by molar-refractivity contribution is -0.118. The van der Waals surface area contributed by atoms with E-state index >= 15 is 0 Å². The largest absolute Gasteiger partial charge is 0.326 e. The van der Waals surface area contributed by atoms with Gasteiger partial charge < -0.3 is 15.5 Å². The quantitative estimate of drug-likeness (QED) is 0.899. The van der Waals surface area contributed by atoms with Crippen molar-refractivity contribution in [3.05, 3.63) is 59.4 Å². The second-order valence-electron chi connectivity index (χ2n) is 6.29. The summed E-state index contributed by atoms with van der Waals surface area (Å²) in [6.07, 6.45) is 0.530. The molecule has 0 saturated carbocycles. The van der Waals surface area contributed by atoms with Gasteiger partial charge in [-0.1, -0.05) is 12.1 Å². The summed E-state index contributed by atoms with van der Waals surface area (Å²) in [5.41, 5.74) is 3.36. The monoisotopic (exact) mass is 341 g/mol. The minimum absolute atomic E-state index is 0.139. The highest BCUT2D eigenvalue weighted by molar-refractivity contribution is 6.02. The Hall–Kier alpha value is -2.89. The van der Waals surface area contributed by atoms with Crippen LogP contribution in [0.25, 0.3) is 0 Å². The van der Waals surface area contributed by atoms with Crippen molar-refractivity contribution in [2.24, 2.45) is 0 Å². The van der Waals surface area contributed by atoms with Crippen molar-refractivity contribution in [2.75, 3.05) is 16.8 Å². The van der Waals surface area contributed by atoms with Crippen LogP contribution in [0.15, 0.2) is 42.5 Å². The summed E-state index contributed by atoms with van der Waals surface area (Å²) in [6.45, 7) is 4.52. The number of nitrogens with one attached hydrogen (secondary N) is 2. The van der Waals surface area contributed by atoms with E-state index in [1.165, 1.54) is 18.2 Å². The molecule has 3 amide bonds. The fourth-order valence-electron chi connectivity index (χ4n) is 3.07. The normalized spacial score (nSPS) is 16.8. The van der Waals surface area contributed by atoms with Gasteiger partial charge in [-0.2, -0.15) is 0 Å². The number of aryl methyl sites for hydroxylation is 2. The van der Waals surface area contributed by atoms with Crippen molar-refractivity contribution < 1.29 is 14.0 Å². The highest BCUT2D eigenvalue weighted by Gasteiger charge is 2.33. The molecule has 1 aliphatic heterocycles. The van der Waals surface area contributed by atoms with E-state index in [4.69, 9.17) is 0 Å². The van der Waals surface area contributed by atoms with Gasteiger partial charge in [0.15, 0.2) is 0 Å². The minimum Gasteiger partial charge on any atom is -0.326 e. The number of amides is 3. The molecule has 0 bridgehead atoms. The predicted molar refractivity (Wildman–Crippen MR) is 95.2 cm³/mol. The summed E-state index contributed by atoms with van der Waals surface area (Å²) in [7, 11) is 0. The van der Waals surface area contributed by atoms with Gasteiger partial charge in [-0.3, -0.25) is 4.79 Å². The van der Waals surface area contributed by atoms with Gasteiger partial charge in [0.1, 0.15) is 11.9 Å². The third kappa shape index (κ3) is 3.96. The van der Waals surface area contributed by atoms with Gasteiger partial charge in [-0.05, 0) is 61.7 Å². The molecule has 2 aromatic carbocycles. The first-order valence-electron chi connectivity index (χ1n) is 8.15. The molecular weight excluding hydrogens is 321 g/mol. The summed E-state index contributed by atoms with van der Waals surface area (Å²) >= 11 is 0. The van der Waals surface area contributed by atoms with Crippen LogP contribution in [-0.2, 0) is 4.79 Å². The lowest BCUT2D eigenvalue weighted by Crippen LogP contribution is -2.43. The Labute approximate surface area is 145 Å². The Bertz CT molecular complexity index is 802. The van der Waals surface area contributed by atoms with Gasteiger partial charge in [0.05, 0.1) is 0 Å². The standard InChI is InChI=1S/C19H20FN3O2/c1-12-8-13(2)10-16(9-12)23-7-6-17(18(23)24)22-19(25)21-15-5-3-4-14(20)11-15/h3-5,8-11,17H,6-7H2,1-2H3,(H2,21,22,25)/t17-/m1/s1. The van der Waals surface area contributed by atoms with E-state index in [-0.39, 0.29) is 5.91 Å². The Balaban J connectivity index is 1.64. The van der Waals surface area contributed by atoms with Gasteiger partial charge in [0.25, 0.3) is 0 Å². The maximum absolute atomic E-state index is 13.2. The van der Waals surface area contributed by atoms with Crippen LogP contribution in [0.2, 0.25) is 0 Å². The number of rotatable bonds is 3. The molecule has 2 N–H and O–H groups in total. The fraction of sp³-hybridized carbons (Fsp3) is 0.263. The Morgan fingerprint density at radius 3 is 2.56 bits per heavy atom. The summed E-state index contributed by atoms with van der Waals surface area (Å²) in [6, 6.07) is 10.5. The van der Waals surface area contributed by atoms with Crippen LogP contribution in [0.5, 0.6) is 0 Å². The highest BCUT2D eigenvalue weighted by Crippen LogP contribution is 2.24. The molecule has 0 radical (unpaired) electrons. The van der Waals surface area contributed by atoms with Crippen molar-refractivity contribution in [3.8, 4) is 0 Å². The van der Waals surface area contributed by atoms with Gasteiger partial charge in [0.2, 0.25) is 5.91 Å². The van der Waals surface area contributed by atoms with Gasteiger partial charge in [-0.15, -0.1) is 0 Å². The number of hydrogen-bond acceptors (Lipinski definition) is 2. The van der Waals surface area contributed by atoms with Crippen LogP contribution >= 0.6 is 0 Å². The number of anilines is 2. The Kier molecular flexibility index (Phi) is 4.70. The summed E-state index contributed by atoms with van der Waals surface area (Å²) < 4.78 is 13.2. The second-order valence-corrected chi connectivity index (χ2v) is 6.29. The first-order valence-corrected chi connectivity index (χ1v) is 8.15. The molecule has 0 aromatic heterocycles. The molecule has 0 spiro atoms. The van der Waals surface area contributed by atoms with E-state index in [0.29, 0.717) is 18.7 Å².